The number of fused-ring (bicyclic) bond motifs is 2. The van der Waals surface area contributed by atoms with Crippen molar-refractivity contribution in [3.05, 3.63) is 47.3 Å². The smallest absolute Gasteiger partial charge is 0.266 e. The predicted molar refractivity (Wildman–Crippen MR) is 144 cm³/mol. The van der Waals surface area contributed by atoms with Gasteiger partial charge in [0.1, 0.15) is 6.07 Å². The van der Waals surface area contributed by atoms with Gasteiger partial charge in [-0.15, -0.1) is 0 Å². The molecule has 2 fully saturated rings. The topological polar surface area (TPSA) is 127 Å². The van der Waals surface area contributed by atoms with E-state index in [1.807, 2.05) is 18.2 Å². The average molecular weight is 507 g/mol. The third-order valence-electron chi connectivity index (χ3n) is 8.09. The molecular weight excluding hydrogens is 468 g/mol. The number of aliphatic hydroxyl groups is 2. The number of carbonyl (C=O) groups is 1. The number of rotatable bonds is 8. The number of carbonyl (C=O) groups excluding carboxylic acids is 1. The molecule has 4 N–H and O–H groups in total. The first-order valence-corrected chi connectivity index (χ1v) is 13.0. The van der Waals surface area contributed by atoms with Gasteiger partial charge in [-0.05, 0) is 79.5 Å². The maximum Gasteiger partial charge on any atom is 0.266 e. The Morgan fingerprint density at radius 1 is 1.22 bits per heavy atom. The SMILES string of the molecule is CN/C=C(/C#N)N=CC(=O)Nc1ccc(C2C[C@]3(CO)CC[C@](CO)(C2)O3)cc1C1=CCC(C)(C)CC1. The van der Waals surface area contributed by atoms with Gasteiger partial charge < -0.3 is 25.6 Å². The fourth-order valence-corrected chi connectivity index (χ4v) is 5.90. The van der Waals surface area contributed by atoms with Gasteiger partial charge in [-0.2, -0.15) is 5.26 Å². The lowest BCUT2D eigenvalue weighted by Crippen LogP contribution is -2.47. The number of nitriles is 1. The molecule has 1 unspecified atom stereocenters. The molecule has 1 amide bonds. The van der Waals surface area contributed by atoms with Crippen LogP contribution in [-0.4, -0.2) is 53.8 Å². The first-order chi connectivity index (χ1) is 17.7. The van der Waals surface area contributed by atoms with E-state index in [1.165, 1.54) is 11.8 Å². The summed E-state index contributed by atoms with van der Waals surface area (Å²) in [5, 5.41) is 35.1. The Balaban J connectivity index is 1.65. The summed E-state index contributed by atoms with van der Waals surface area (Å²) in [7, 11) is 1.66. The molecule has 0 spiro atoms. The molecule has 0 aromatic heterocycles. The molecule has 37 heavy (non-hydrogen) atoms. The van der Waals surface area contributed by atoms with Crippen molar-refractivity contribution in [2.45, 2.75) is 75.9 Å². The molecule has 1 aromatic rings. The third-order valence-corrected chi connectivity index (χ3v) is 8.09. The van der Waals surface area contributed by atoms with Gasteiger partial charge in [0.2, 0.25) is 0 Å². The van der Waals surface area contributed by atoms with E-state index in [-0.39, 0.29) is 30.2 Å². The monoisotopic (exact) mass is 506 g/mol. The van der Waals surface area contributed by atoms with Gasteiger partial charge >= 0.3 is 0 Å². The van der Waals surface area contributed by atoms with Gasteiger partial charge in [0.25, 0.3) is 5.91 Å². The van der Waals surface area contributed by atoms with E-state index in [0.717, 1.165) is 49.4 Å². The van der Waals surface area contributed by atoms with Crippen LogP contribution < -0.4 is 10.6 Å². The number of nitrogens with one attached hydrogen (secondary N) is 2. The Morgan fingerprint density at radius 2 is 1.92 bits per heavy atom. The summed E-state index contributed by atoms with van der Waals surface area (Å²) in [6.45, 7) is 4.42. The van der Waals surface area contributed by atoms with Crippen molar-refractivity contribution in [2.24, 2.45) is 10.4 Å². The van der Waals surface area contributed by atoms with Gasteiger partial charge in [0.15, 0.2) is 5.70 Å². The van der Waals surface area contributed by atoms with Crippen molar-refractivity contribution in [3.63, 3.8) is 0 Å². The summed E-state index contributed by atoms with van der Waals surface area (Å²) in [4.78, 5) is 16.7. The Morgan fingerprint density at radius 3 is 2.49 bits per heavy atom. The number of aliphatic hydroxyl groups excluding tert-OH is 2. The zero-order valence-electron chi connectivity index (χ0n) is 22.0. The largest absolute Gasteiger partial charge is 0.393 e. The zero-order valence-corrected chi connectivity index (χ0v) is 22.0. The summed E-state index contributed by atoms with van der Waals surface area (Å²) in [5.41, 5.74) is 3.13. The van der Waals surface area contributed by atoms with E-state index in [0.29, 0.717) is 18.5 Å². The normalized spacial score (nSPS) is 29.0. The summed E-state index contributed by atoms with van der Waals surface area (Å²) in [6.07, 6.45) is 10.6. The molecule has 2 aliphatic heterocycles. The van der Waals surface area contributed by atoms with Crippen molar-refractivity contribution in [1.82, 2.24) is 5.32 Å². The highest BCUT2D eigenvalue weighted by molar-refractivity contribution is 6.32. The number of amides is 1. The van der Waals surface area contributed by atoms with Crippen LogP contribution in [0.2, 0.25) is 0 Å². The average Bonchev–Trinajstić information content (AvgIpc) is 3.17. The maximum absolute atomic E-state index is 12.7. The van der Waals surface area contributed by atoms with Crippen LogP contribution >= 0.6 is 0 Å². The summed E-state index contributed by atoms with van der Waals surface area (Å²) in [6, 6.07) is 8.04. The molecule has 0 saturated carbocycles. The number of anilines is 1. The molecule has 3 atom stereocenters. The Bertz CT molecular complexity index is 1140. The first kappa shape index (κ1) is 27.1. The van der Waals surface area contributed by atoms with Crippen LogP contribution in [0, 0.1) is 16.7 Å². The summed E-state index contributed by atoms with van der Waals surface area (Å²) < 4.78 is 6.23. The Labute approximate surface area is 219 Å². The van der Waals surface area contributed by atoms with Crippen LogP contribution in [0.4, 0.5) is 5.69 Å². The number of benzene rings is 1. The standard InChI is InChI=1S/C29H38N4O4/c1-27(2)8-6-20(7-9-27)24-12-21(22-13-28(18-34)10-11-29(14-22,19-35)37-28)4-5-25(24)33-26(36)17-32-23(15-30)16-31-3/h4-6,12,16-17,22,31,34-35H,7-11,13-14,18-19H2,1-3H3,(H,33,36)/b23-16-,32-17?/t22?,28-,29+. The van der Waals surface area contributed by atoms with Crippen LogP contribution in [0.5, 0.6) is 0 Å². The highest BCUT2D eigenvalue weighted by Gasteiger charge is 2.55. The number of hydrogen-bond acceptors (Lipinski definition) is 7. The van der Waals surface area contributed by atoms with Crippen molar-refractivity contribution in [2.75, 3.05) is 25.6 Å². The van der Waals surface area contributed by atoms with Gasteiger partial charge in [0.05, 0.1) is 30.6 Å². The van der Waals surface area contributed by atoms with Crippen molar-refractivity contribution < 1.29 is 19.7 Å². The molecule has 198 valence electrons. The molecule has 4 rings (SSSR count). The maximum atomic E-state index is 12.7. The molecule has 2 heterocycles. The molecule has 2 saturated heterocycles. The summed E-state index contributed by atoms with van der Waals surface area (Å²) in [5.74, 6) is -0.281. The van der Waals surface area contributed by atoms with E-state index in [2.05, 4.69) is 41.6 Å². The van der Waals surface area contributed by atoms with Crippen molar-refractivity contribution in [1.29, 1.82) is 5.26 Å². The fourth-order valence-electron chi connectivity index (χ4n) is 5.90. The zero-order chi connectivity index (χ0) is 26.7. The second-order valence-corrected chi connectivity index (χ2v) is 11.5. The van der Waals surface area contributed by atoms with E-state index >= 15 is 0 Å². The lowest BCUT2D eigenvalue weighted by atomic mass is 9.75. The number of allylic oxidation sites excluding steroid dienone is 3. The van der Waals surface area contributed by atoms with Gasteiger partial charge in [0, 0.05) is 24.5 Å². The predicted octanol–water partition coefficient (Wildman–Crippen LogP) is 4.02. The molecular formula is C29H38N4O4. The van der Waals surface area contributed by atoms with E-state index in [1.54, 1.807) is 7.05 Å². The Kier molecular flexibility index (Phi) is 7.88. The lowest BCUT2D eigenvalue weighted by molar-refractivity contribution is -0.177. The summed E-state index contributed by atoms with van der Waals surface area (Å²) >= 11 is 0. The number of nitrogens with zero attached hydrogens (tertiary/aromatic N) is 2. The van der Waals surface area contributed by atoms with E-state index in [9.17, 15) is 15.0 Å². The fraction of sp³-hybridized carbons (Fsp3) is 0.552. The van der Waals surface area contributed by atoms with E-state index in [4.69, 9.17) is 10.00 Å². The van der Waals surface area contributed by atoms with Crippen LogP contribution in [0.3, 0.4) is 0 Å². The highest BCUT2D eigenvalue weighted by Crippen LogP contribution is 2.53. The number of hydrogen-bond donors (Lipinski definition) is 4. The third kappa shape index (κ3) is 5.96. The molecule has 2 bridgehead atoms. The minimum Gasteiger partial charge on any atom is -0.393 e. The van der Waals surface area contributed by atoms with Crippen LogP contribution in [0.15, 0.2) is 41.2 Å². The van der Waals surface area contributed by atoms with Crippen LogP contribution in [0.25, 0.3) is 5.57 Å². The van der Waals surface area contributed by atoms with Crippen molar-refractivity contribution in [3.8, 4) is 6.07 Å². The second-order valence-electron chi connectivity index (χ2n) is 11.5. The number of ether oxygens (including phenoxy) is 1. The van der Waals surface area contributed by atoms with Crippen LogP contribution in [-0.2, 0) is 9.53 Å². The molecule has 1 aromatic carbocycles. The van der Waals surface area contributed by atoms with Gasteiger partial charge in [-0.3, -0.25) is 4.79 Å². The first-order valence-electron chi connectivity index (χ1n) is 13.0. The Hall–Kier alpha value is -2.99. The second kappa shape index (κ2) is 10.8. The minimum absolute atomic E-state index is 0.0570. The molecule has 0 radical (unpaired) electrons. The molecule has 8 nitrogen and oxygen atoms in total. The van der Waals surface area contributed by atoms with Gasteiger partial charge in [-0.1, -0.05) is 26.0 Å². The number of aliphatic imine (C=N–C) groups is 1. The van der Waals surface area contributed by atoms with Crippen molar-refractivity contribution >= 4 is 23.4 Å². The molecule has 8 heteroatoms. The quantitative estimate of drug-likeness (QED) is 0.312. The molecule has 3 aliphatic rings. The molecule has 1 aliphatic carbocycles. The lowest BCUT2D eigenvalue weighted by Gasteiger charge is -2.43. The minimum atomic E-state index is -0.609. The van der Waals surface area contributed by atoms with E-state index < -0.39 is 17.1 Å². The van der Waals surface area contributed by atoms with Gasteiger partial charge in [-0.25, -0.2) is 4.99 Å². The highest BCUT2D eigenvalue weighted by atomic mass is 16.6. The van der Waals surface area contributed by atoms with Crippen LogP contribution in [0.1, 0.15) is 75.8 Å².